The summed E-state index contributed by atoms with van der Waals surface area (Å²) in [4.78, 5) is 14.9. The molecule has 0 amide bonds. The Hall–Kier alpha value is -1.81. The fourth-order valence-electron chi connectivity index (χ4n) is 3.02. The Kier molecular flexibility index (Phi) is 3.49. The summed E-state index contributed by atoms with van der Waals surface area (Å²) in [5.41, 5.74) is 3.01. The Bertz CT molecular complexity index is 648. The minimum atomic E-state index is 0.0906. The third-order valence-corrected chi connectivity index (χ3v) is 4.21. The first kappa shape index (κ1) is 13.2. The van der Waals surface area contributed by atoms with E-state index in [0.717, 1.165) is 36.6 Å². The van der Waals surface area contributed by atoms with Crippen molar-refractivity contribution in [3.8, 4) is 5.69 Å². The van der Waals surface area contributed by atoms with E-state index in [-0.39, 0.29) is 5.56 Å². The molecule has 0 saturated carbocycles. The number of likely N-dealkylation sites (tertiary alicyclic amines) is 1. The molecule has 0 radical (unpaired) electrons. The number of para-hydroxylation sites is 1. The van der Waals surface area contributed by atoms with Crippen LogP contribution in [0.1, 0.15) is 24.1 Å². The molecule has 106 valence electrons. The molecule has 1 saturated heterocycles. The summed E-state index contributed by atoms with van der Waals surface area (Å²) >= 11 is 0. The minimum Gasteiger partial charge on any atom is -0.298 e. The highest BCUT2D eigenvalue weighted by Crippen LogP contribution is 2.15. The molecule has 2 aromatic rings. The van der Waals surface area contributed by atoms with Crippen LogP contribution >= 0.6 is 0 Å². The number of benzene rings is 1. The van der Waals surface area contributed by atoms with Gasteiger partial charge >= 0.3 is 0 Å². The number of hydrogen-bond donors (Lipinski definition) is 0. The van der Waals surface area contributed by atoms with Crippen molar-refractivity contribution in [2.24, 2.45) is 7.05 Å². The van der Waals surface area contributed by atoms with Gasteiger partial charge in [0.1, 0.15) is 0 Å². The van der Waals surface area contributed by atoms with Crippen LogP contribution in [0.25, 0.3) is 5.69 Å². The third-order valence-electron chi connectivity index (χ3n) is 4.21. The summed E-state index contributed by atoms with van der Waals surface area (Å²) < 4.78 is 3.77. The largest absolute Gasteiger partial charge is 0.298 e. The summed E-state index contributed by atoms with van der Waals surface area (Å²) in [5.74, 6) is 0. The van der Waals surface area contributed by atoms with Gasteiger partial charge in [-0.2, -0.15) is 0 Å². The van der Waals surface area contributed by atoms with Crippen LogP contribution in [-0.4, -0.2) is 27.4 Å². The van der Waals surface area contributed by atoms with Gasteiger partial charge in [0, 0.05) is 19.2 Å². The SMILES string of the molecule is Cc1c(CN2CCCC2)n(C)n(-c2ccccc2)c1=O. The van der Waals surface area contributed by atoms with Crippen molar-refractivity contribution >= 4 is 0 Å². The first-order valence-electron chi connectivity index (χ1n) is 7.24. The highest BCUT2D eigenvalue weighted by molar-refractivity contribution is 5.33. The molecule has 1 aliphatic heterocycles. The average molecular weight is 271 g/mol. The van der Waals surface area contributed by atoms with Crippen LogP contribution in [-0.2, 0) is 13.6 Å². The van der Waals surface area contributed by atoms with E-state index in [1.165, 1.54) is 12.8 Å². The molecule has 0 unspecified atom stereocenters. The quantitative estimate of drug-likeness (QED) is 0.855. The zero-order valence-electron chi connectivity index (χ0n) is 12.2. The molecule has 1 fully saturated rings. The normalized spacial score (nSPS) is 15.9. The Labute approximate surface area is 119 Å². The monoisotopic (exact) mass is 271 g/mol. The first-order valence-corrected chi connectivity index (χ1v) is 7.24. The van der Waals surface area contributed by atoms with Crippen molar-refractivity contribution in [3.05, 3.63) is 51.9 Å². The summed E-state index contributed by atoms with van der Waals surface area (Å²) in [6.45, 7) is 5.10. The van der Waals surface area contributed by atoms with Gasteiger partial charge in [-0.25, -0.2) is 4.68 Å². The van der Waals surface area contributed by atoms with Crippen molar-refractivity contribution in [1.82, 2.24) is 14.3 Å². The Balaban J connectivity index is 2.02. The molecule has 20 heavy (non-hydrogen) atoms. The average Bonchev–Trinajstić information content (AvgIpc) is 3.04. The van der Waals surface area contributed by atoms with E-state index in [0.29, 0.717) is 0 Å². The van der Waals surface area contributed by atoms with E-state index in [2.05, 4.69) is 4.90 Å². The fourth-order valence-corrected chi connectivity index (χ4v) is 3.02. The number of rotatable bonds is 3. The molecule has 3 rings (SSSR count). The van der Waals surface area contributed by atoms with E-state index in [4.69, 9.17) is 0 Å². The van der Waals surface area contributed by atoms with E-state index in [1.807, 2.05) is 49.0 Å². The summed E-state index contributed by atoms with van der Waals surface area (Å²) in [5, 5.41) is 0. The number of nitrogens with zero attached hydrogens (tertiary/aromatic N) is 3. The molecule has 0 aliphatic carbocycles. The molecule has 1 aliphatic rings. The Morgan fingerprint density at radius 1 is 1.10 bits per heavy atom. The van der Waals surface area contributed by atoms with E-state index in [9.17, 15) is 4.79 Å². The molecule has 4 nitrogen and oxygen atoms in total. The molecule has 1 aromatic heterocycles. The molecule has 0 spiro atoms. The first-order chi connectivity index (χ1) is 9.68. The molecule has 4 heteroatoms. The predicted octanol–water partition coefficient (Wildman–Crippen LogP) is 2.08. The minimum absolute atomic E-state index is 0.0906. The van der Waals surface area contributed by atoms with Gasteiger partial charge in [-0.3, -0.25) is 14.4 Å². The van der Waals surface area contributed by atoms with Crippen LogP contribution in [0.15, 0.2) is 35.1 Å². The van der Waals surface area contributed by atoms with Crippen molar-refractivity contribution in [2.75, 3.05) is 13.1 Å². The summed E-state index contributed by atoms with van der Waals surface area (Å²) in [7, 11) is 1.98. The van der Waals surface area contributed by atoms with E-state index < -0.39 is 0 Å². The number of hydrogen-bond acceptors (Lipinski definition) is 2. The van der Waals surface area contributed by atoms with Crippen LogP contribution in [0.3, 0.4) is 0 Å². The van der Waals surface area contributed by atoms with Gasteiger partial charge in [-0.15, -0.1) is 0 Å². The lowest BCUT2D eigenvalue weighted by atomic mass is 10.2. The molecule has 0 atom stereocenters. The smallest absolute Gasteiger partial charge is 0.274 e. The van der Waals surface area contributed by atoms with Crippen LogP contribution in [0, 0.1) is 6.92 Å². The topological polar surface area (TPSA) is 30.2 Å². The van der Waals surface area contributed by atoms with Gasteiger partial charge in [0.05, 0.1) is 11.4 Å². The highest BCUT2D eigenvalue weighted by atomic mass is 16.1. The lowest BCUT2D eigenvalue weighted by molar-refractivity contribution is 0.319. The zero-order chi connectivity index (χ0) is 14.1. The maximum Gasteiger partial charge on any atom is 0.274 e. The Morgan fingerprint density at radius 2 is 1.75 bits per heavy atom. The Morgan fingerprint density at radius 3 is 2.40 bits per heavy atom. The van der Waals surface area contributed by atoms with Gasteiger partial charge < -0.3 is 0 Å². The standard InChI is InChI=1S/C16H21N3O/c1-13-15(12-18-10-6-7-11-18)17(2)19(16(13)20)14-8-4-3-5-9-14/h3-5,8-9H,6-7,10-12H2,1-2H3. The number of aromatic nitrogens is 2. The van der Waals surface area contributed by atoms with E-state index >= 15 is 0 Å². The van der Waals surface area contributed by atoms with Crippen molar-refractivity contribution in [1.29, 1.82) is 0 Å². The third kappa shape index (κ3) is 2.20. The van der Waals surface area contributed by atoms with Crippen molar-refractivity contribution < 1.29 is 0 Å². The van der Waals surface area contributed by atoms with E-state index in [1.54, 1.807) is 4.68 Å². The molecular formula is C16H21N3O. The fraction of sp³-hybridized carbons (Fsp3) is 0.438. The van der Waals surface area contributed by atoms with Gasteiger partial charge in [0.2, 0.25) is 0 Å². The molecular weight excluding hydrogens is 250 g/mol. The second-order valence-electron chi connectivity index (χ2n) is 5.53. The lowest BCUT2D eigenvalue weighted by Crippen LogP contribution is -2.22. The molecule has 2 heterocycles. The maximum absolute atomic E-state index is 12.5. The second-order valence-corrected chi connectivity index (χ2v) is 5.53. The maximum atomic E-state index is 12.5. The predicted molar refractivity (Wildman–Crippen MR) is 80.3 cm³/mol. The lowest BCUT2D eigenvalue weighted by Gasteiger charge is -2.16. The van der Waals surface area contributed by atoms with Gasteiger partial charge in [-0.05, 0) is 45.0 Å². The highest BCUT2D eigenvalue weighted by Gasteiger charge is 2.19. The van der Waals surface area contributed by atoms with Gasteiger partial charge in [-0.1, -0.05) is 18.2 Å². The van der Waals surface area contributed by atoms with Crippen molar-refractivity contribution in [3.63, 3.8) is 0 Å². The molecule has 0 bridgehead atoms. The zero-order valence-corrected chi connectivity index (χ0v) is 12.2. The van der Waals surface area contributed by atoms with Crippen molar-refractivity contribution in [2.45, 2.75) is 26.3 Å². The summed E-state index contributed by atoms with van der Waals surface area (Å²) in [6, 6.07) is 9.84. The van der Waals surface area contributed by atoms with Crippen LogP contribution < -0.4 is 5.56 Å². The van der Waals surface area contributed by atoms with Gasteiger partial charge in [0.25, 0.3) is 5.56 Å². The second kappa shape index (κ2) is 5.29. The van der Waals surface area contributed by atoms with Crippen LogP contribution in [0.5, 0.6) is 0 Å². The molecule has 0 N–H and O–H groups in total. The molecule has 1 aromatic carbocycles. The summed E-state index contributed by atoms with van der Waals surface area (Å²) in [6.07, 6.45) is 2.54. The van der Waals surface area contributed by atoms with Crippen LogP contribution in [0.2, 0.25) is 0 Å². The van der Waals surface area contributed by atoms with Crippen LogP contribution in [0.4, 0.5) is 0 Å². The van der Waals surface area contributed by atoms with Gasteiger partial charge in [0.15, 0.2) is 0 Å².